The molecule has 1 heterocycles. The smallest absolute Gasteiger partial charge is 0.315 e. The maximum Gasteiger partial charge on any atom is 0.315 e. The lowest BCUT2D eigenvalue weighted by Gasteiger charge is -2.34. The Morgan fingerprint density at radius 3 is 2.68 bits per heavy atom. The Morgan fingerprint density at radius 2 is 1.89 bits per heavy atom. The van der Waals surface area contributed by atoms with E-state index in [0.29, 0.717) is 5.56 Å². The zero-order valence-corrected chi connectivity index (χ0v) is 16.2. The molecule has 1 aliphatic carbocycles. The lowest BCUT2D eigenvalue weighted by Crippen LogP contribution is -2.48. The number of carbonyl (C=O) groups excluding carboxylic acids is 1. The number of fused-ring (bicyclic) bond motifs is 1. The molecule has 5 nitrogen and oxygen atoms in total. The fraction of sp³-hybridized carbons (Fsp3) is 0.391. The second-order valence-electron chi connectivity index (χ2n) is 7.80. The zero-order valence-electron chi connectivity index (χ0n) is 16.2. The van der Waals surface area contributed by atoms with Crippen molar-refractivity contribution >= 4 is 11.7 Å². The van der Waals surface area contributed by atoms with Gasteiger partial charge in [-0.15, -0.1) is 0 Å². The van der Waals surface area contributed by atoms with Crippen molar-refractivity contribution in [2.45, 2.75) is 44.7 Å². The van der Waals surface area contributed by atoms with Crippen molar-refractivity contribution in [1.82, 2.24) is 10.6 Å². The van der Waals surface area contributed by atoms with Gasteiger partial charge in [0, 0.05) is 19.1 Å². The number of piperidine rings is 1. The number of carbonyl (C=O) groups is 1. The molecule has 1 atom stereocenters. The topological polar surface area (TPSA) is 68.2 Å². The molecule has 2 N–H and O–H groups in total. The molecule has 28 heavy (non-hydrogen) atoms. The van der Waals surface area contributed by atoms with Gasteiger partial charge in [0.25, 0.3) is 0 Å². The third-order valence-electron chi connectivity index (χ3n) is 5.88. The van der Waals surface area contributed by atoms with Gasteiger partial charge in [-0.05, 0) is 55.9 Å². The molecule has 2 aliphatic rings. The summed E-state index contributed by atoms with van der Waals surface area (Å²) < 4.78 is 0. The van der Waals surface area contributed by atoms with E-state index in [1.165, 1.54) is 16.7 Å². The summed E-state index contributed by atoms with van der Waals surface area (Å²) in [6, 6.07) is 16.7. The van der Waals surface area contributed by atoms with Crippen LogP contribution in [0.1, 0.15) is 47.6 Å². The SMILES string of the molecule is Cc1ccc2c(c1)C(NC(=O)NC1CCN(c3ccccc3C#N)CC1)CC2. The number of anilines is 1. The van der Waals surface area contributed by atoms with Crippen LogP contribution in [0.5, 0.6) is 0 Å². The predicted octanol–water partition coefficient (Wildman–Crippen LogP) is 3.82. The Morgan fingerprint density at radius 1 is 1.11 bits per heavy atom. The highest BCUT2D eigenvalue weighted by Gasteiger charge is 2.26. The molecule has 5 heteroatoms. The first-order chi connectivity index (χ1) is 13.6. The molecule has 1 aliphatic heterocycles. The third-order valence-corrected chi connectivity index (χ3v) is 5.88. The number of urea groups is 1. The lowest BCUT2D eigenvalue weighted by atomic mass is 10.0. The Kier molecular flexibility index (Phi) is 5.21. The molecule has 4 rings (SSSR count). The summed E-state index contributed by atoms with van der Waals surface area (Å²) in [6.45, 7) is 3.78. The molecule has 0 bridgehead atoms. The number of hydrogen-bond acceptors (Lipinski definition) is 3. The van der Waals surface area contributed by atoms with E-state index in [1.807, 2.05) is 24.3 Å². The van der Waals surface area contributed by atoms with Gasteiger partial charge in [-0.2, -0.15) is 5.26 Å². The van der Waals surface area contributed by atoms with E-state index in [4.69, 9.17) is 0 Å². The lowest BCUT2D eigenvalue weighted by molar-refractivity contribution is 0.230. The van der Waals surface area contributed by atoms with Crippen LogP contribution in [0.25, 0.3) is 0 Å². The van der Waals surface area contributed by atoms with Crippen LogP contribution in [0.3, 0.4) is 0 Å². The monoisotopic (exact) mass is 374 g/mol. The largest absolute Gasteiger partial charge is 0.370 e. The molecule has 0 aromatic heterocycles. The highest BCUT2D eigenvalue weighted by atomic mass is 16.2. The standard InChI is InChI=1S/C23H26N4O/c1-16-6-7-17-8-9-21(20(17)14-16)26-23(28)25-19-10-12-27(13-11-19)22-5-3-2-4-18(22)15-24/h2-7,14,19,21H,8-13H2,1H3,(H2,25,26,28). The zero-order chi connectivity index (χ0) is 19.5. The fourth-order valence-corrected chi connectivity index (χ4v) is 4.37. The second kappa shape index (κ2) is 7.93. The summed E-state index contributed by atoms with van der Waals surface area (Å²) in [5, 5.41) is 15.6. The van der Waals surface area contributed by atoms with Crippen molar-refractivity contribution in [3.63, 3.8) is 0 Å². The van der Waals surface area contributed by atoms with E-state index < -0.39 is 0 Å². The van der Waals surface area contributed by atoms with Crippen molar-refractivity contribution in [3.05, 3.63) is 64.7 Å². The number of rotatable bonds is 3. The number of aryl methyl sites for hydroxylation is 2. The average molecular weight is 374 g/mol. The molecular formula is C23H26N4O. The Balaban J connectivity index is 1.31. The van der Waals surface area contributed by atoms with Crippen LogP contribution >= 0.6 is 0 Å². The molecule has 0 saturated carbocycles. The maximum atomic E-state index is 12.5. The number of hydrogen-bond donors (Lipinski definition) is 2. The van der Waals surface area contributed by atoms with Gasteiger partial charge in [0.1, 0.15) is 6.07 Å². The van der Waals surface area contributed by atoms with Crippen molar-refractivity contribution in [2.75, 3.05) is 18.0 Å². The van der Waals surface area contributed by atoms with Crippen LogP contribution in [0.15, 0.2) is 42.5 Å². The summed E-state index contributed by atoms with van der Waals surface area (Å²) >= 11 is 0. The summed E-state index contributed by atoms with van der Waals surface area (Å²) in [6.07, 6.45) is 3.76. The van der Waals surface area contributed by atoms with Crippen molar-refractivity contribution in [1.29, 1.82) is 5.26 Å². The maximum absolute atomic E-state index is 12.5. The molecule has 2 aromatic rings. The van der Waals surface area contributed by atoms with Crippen molar-refractivity contribution in [2.24, 2.45) is 0 Å². The molecule has 144 valence electrons. The third kappa shape index (κ3) is 3.82. The quantitative estimate of drug-likeness (QED) is 0.858. The minimum absolute atomic E-state index is 0.0739. The predicted molar refractivity (Wildman–Crippen MR) is 110 cm³/mol. The molecule has 0 spiro atoms. The number of para-hydroxylation sites is 1. The van der Waals surface area contributed by atoms with Gasteiger partial charge in [-0.1, -0.05) is 35.9 Å². The summed E-state index contributed by atoms with van der Waals surface area (Å²) in [7, 11) is 0. The highest BCUT2D eigenvalue weighted by Crippen LogP contribution is 2.31. The van der Waals surface area contributed by atoms with E-state index in [9.17, 15) is 10.1 Å². The molecule has 2 aromatic carbocycles. The molecular weight excluding hydrogens is 348 g/mol. The molecule has 1 unspecified atom stereocenters. The molecule has 1 saturated heterocycles. The van der Waals surface area contributed by atoms with Crippen molar-refractivity contribution in [3.8, 4) is 6.07 Å². The number of benzene rings is 2. The van der Waals surface area contributed by atoms with Crippen LogP contribution < -0.4 is 15.5 Å². The molecule has 2 amide bonds. The summed E-state index contributed by atoms with van der Waals surface area (Å²) in [5.74, 6) is 0. The van der Waals surface area contributed by atoms with E-state index in [-0.39, 0.29) is 18.1 Å². The number of amides is 2. The van der Waals surface area contributed by atoms with E-state index in [2.05, 4.69) is 46.7 Å². The van der Waals surface area contributed by atoms with Gasteiger partial charge < -0.3 is 15.5 Å². The van der Waals surface area contributed by atoms with Crippen molar-refractivity contribution < 1.29 is 4.79 Å². The Hall–Kier alpha value is -3.00. The minimum atomic E-state index is -0.0739. The minimum Gasteiger partial charge on any atom is -0.370 e. The Labute approximate surface area is 166 Å². The van der Waals surface area contributed by atoms with Gasteiger partial charge in [-0.3, -0.25) is 0 Å². The van der Waals surface area contributed by atoms with Crippen LogP contribution in [0.2, 0.25) is 0 Å². The van der Waals surface area contributed by atoms with Gasteiger partial charge in [-0.25, -0.2) is 4.79 Å². The number of nitrogens with zero attached hydrogens (tertiary/aromatic N) is 2. The van der Waals surface area contributed by atoms with E-state index in [1.54, 1.807) is 0 Å². The van der Waals surface area contributed by atoms with Gasteiger partial charge in [0.15, 0.2) is 0 Å². The Bertz CT molecular complexity index is 909. The van der Waals surface area contributed by atoms with Crippen LogP contribution in [-0.2, 0) is 6.42 Å². The number of nitrogens with one attached hydrogen (secondary N) is 2. The molecule has 1 fully saturated rings. The van der Waals surface area contributed by atoms with Gasteiger partial charge >= 0.3 is 6.03 Å². The first-order valence-corrected chi connectivity index (χ1v) is 10.0. The second-order valence-corrected chi connectivity index (χ2v) is 7.80. The normalized spacial score (nSPS) is 19.0. The summed E-state index contributed by atoms with van der Waals surface area (Å²) in [4.78, 5) is 14.8. The fourth-order valence-electron chi connectivity index (χ4n) is 4.37. The van der Waals surface area contributed by atoms with Crippen LogP contribution in [0.4, 0.5) is 10.5 Å². The van der Waals surface area contributed by atoms with Crippen LogP contribution in [-0.4, -0.2) is 25.2 Å². The van der Waals surface area contributed by atoms with Crippen LogP contribution in [0, 0.1) is 18.3 Å². The number of nitriles is 1. The summed E-state index contributed by atoms with van der Waals surface area (Å²) in [5.41, 5.74) is 5.55. The van der Waals surface area contributed by atoms with Gasteiger partial charge in [0.2, 0.25) is 0 Å². The first kappa shape index (κ1) is 18.4. The van der Waals surface area contributed by atoms with E-state index >= 15 is 0 Å². The van der Waals surface area contributed by atoms with Gasteiger partial charge in [0.05, 0.1) is 17.3 Å². The van der Waals surface area contributed by atoms with E-state index in [0.717, 1.165) is 44.5 Å². The first-order valence-electron chi connectivity index (χ1n) is 10.0. The average Bonchev–Trinajstić information content (AvgIpc) is 3.10. The highest BCUT2D eigenvalue weighted by molar-refractivity contribution is 5.75. The molecule has 0 radical (unpaired) electrons.